The van der Waals surface area contributed by atoms with Gasteiger partial charge in [-0.3, -0.25) is 4.79 Å². The van der Waals surface area contributed by atoms with Crippen LogP contribution < -0.4 is 4.31 Å². The van der Waals surface area contributed by atoms with Crippen molar-refractivity contribution in [2.24, 2.45) is 11.8 Å². The lowest BCUT2D eigenvalue weighted by Gasteiger charge is -2.29. The summed E-state index contributed by atoms with van der Waals surface area (Å²) in [7, 11) is -7.29. The number of hydrogen-bond donors (Lipinski definition) is 0. The zero-order chi connectivity index (χ0) is 18.4. The van der Waals surface area contributed by atoms with E-state index in [1.54, 1.807) is 6.92 Å². The predicted molar refractivity (Wildman–Crippen MR) is 94.0 cm³/mol. The van der Waals surface area contributed by atoms with Gasteiger partial charge in [-0.2, -0.15) is 4.31 Å². The van der Waals surface area contributed by atoms with Crippen molar-refractivity contribution in [1.82, 2.24) is 4.31 Å². The molecule has 0 spiro atoms. The van der Waals surface area contributed by atoms with Crippen LogP contribution in [0.2, 0.25) is 0 Å². The van der Waals surface area contributed by atoms with Crippen LogP contribution in [0.1, 0.15) is 26.7 Å². The van der Waals surface area contributed by atoms with Gasteiger partial charge >= 0.3 is 0 Å². The molecule has 0 aromatic heterocycles. The van der Waals surface area contributed by atoms with Crippen molar-refractivity contribution in [3.05, 3.63) is 24.3 Å². The van der Waals surface area contributed by atoms with Crippen molar-refractivity contribution >= 4 is 31.6 Å². The Morgan fingerprint density at radius 2 is 1.60 bits per heavy atom. The van der Waals surface area contributed by atoms with Gasteiger partial charge in [-0.05, 0) is 43.0 Å². The highest BCUT2D eigenvalue weighted by molar-refractivity contribution is 7.94. The van der Waals surface area contributed by atoms with Gasteiger partial charge in [0.05, 0.1) is 22.3 Å². The van der Waals surface area contributed by atoms with Crippen LogP contribution >= 0.6 is 0 Å². The first-order valence-corrected chi connectivity index (χ1v) is 11.3. The van der Waals surface area contributed by atoms with E-state index in [0.29, 0.717) is 19.0 Å². The Bertz CT molecular complexity index is 870. The molecule has 3 rings (SSSR count). The molecule has 0 N–H and O–H groups in total. The fraction of sp³-hybridized carbons (Fsp3) is 0.562. The summed E-state index contributed by atoms with van der Waals surface area (Å²) in [6, 6.07) is 5.50. The smallest absolute Gasteiger partial charge is 0.244 e. The van der Waals surface area contributed by atoms with Crippen LogP contribution in [0, 0.1) is 11.8 Å². The van der Waals surface area contributed by atoms with Crippen molar-refractivity contribution in [1.29, 1.82) is 0 Å². The second-order valence-corrected chi connectivity index (χ2v) is 10.7. The molecule has 1 atom stereocenters. The molecular weight excluding hydrogens is 364 g/mol. The summed E-state index contributed by atoms with van der Waals surface area (Å²) >= 11 is 0. The maximum absolute atomic E-state index is 12.7. The molecule has 138 valence electrons. The predicted octanol–water partition coefficient (Wildman–Crippen LogP) is 1.42. The van der Waals surface area contributed by atoms with E-state index >= 15 is 0 Å². The summed E-state index contributed by atoms with van der Waals surface area (Å²) in [5.41, 5.74) is 0.181. The van der Waals surface area contributed by atoms with Crippen LogP contribution in [0.5, 0.6) is 0 Å². The molecule has 2 saturated heterocycles. The summed E-state index contributed by atoms with van der Waals surface area (Å²) in [6.07, 6.45) is 1.66. The highest BCUT2D eigenvalue weighted by atomic mass is 32.2. The minimum absolute atomic E-state index is 0.114. The van der Waals surface area contributed by atoms with Crippen LogP contribution in [0.25, 0.3) is 0 Å². The first-order valence-electron chi connectivity index (χ1n) is 8.30. The number of piperidine rings is 1. The Kier molecular flexibility index (Phi) is 4.67. The second-order valence-electron chi connectivity index (χ2n) is 6.86. The van der Waals surface area contributed by atoms with Gasteiger partial charge < -0.3 is 0 Å². The molecule has 1 amide bonds. The lowest BCUT2D eigenvalue weighted by molar-refractivity contribution is -0.119. The molecule has 0 aliphatic carbocycles. The quantitative estimate of drug-likeness (QED) is 0.783. The topological polar surface area (TPSA) is 91.8 Å². The molecule has 2 aliphatic rings. The van der Waals surface area contributed by atoms with Gasteiger partial charge in [0.15, 0.2) is 0 Å². The Hall–Kier alpha value is -1.45. The molecule has 7 nitrogen and oxygen atoms in total. The first kappa shape index (κ1) is 18.3. The number of sulfonamides is 2. The van der Waals surface area contributed by atoms with E-state index in [4.69, 9.17) is 0 Å². The molecule has 1 aromatic rings. The maximum atomic E-state index is 12.7. The van der Waals surface area contributed by atoms with E-state index in [9.17, 15) is 21.6 Å². The van der Waals surface area contributed by atoms with Crippen LogP contribution in [0.3, 0.4) is 0 Å². The van der Waals surface area contributed by atoms with Crippen LogP contribution in [-0.4, -0.2) is 45.9 Å². The Morgan fingerprint density at radius 3 is 2.08 bits per heavy atom. The van der Waals surface area contributed by atoms with Crippen LogP contribution in [0.4, 0.5) is 5.69 Å². The molecule has 0 radical (unpaired) electrons. The van der Waals surface area contributed by atoms with Gasteiger partial charge in [0.2, 0.25) is 26.0 Å². The molecule has 25 heavy (non-hydrogen) atoms. The summed E-state index contributed by atoms with van der Waals surface area (Å²) in [6.45, 7) is 4.65. The zero-order valence-electron chi connectivity index (χ0n) is 14.3. The van der Waals surface area contributed by atoms with Crippen molar-refractivity contribution in [2.75, 3.05) is 23.1 Å². The van der Waals surface area contributed by atoms with E-state index in [1.807, 2.05) is 0 Å². The van der Waals surface area contributed by atoms with Gasteiger partial charge in [-0.15, -0.1) is 0 Å². The Morgan fingerprint density at radius 1 is 1.04 bits per heavy atom. The number of amides is 1. The fourth-order valence-corrected chi connectivity index (χ4v) is 6.50. The van der Waals surface area contributed by atoms with Crippen LogP contribution in [-0.2, 0) is 24.8 Å². The lowest BCUT2D eigenvalue weighted by atomic mass is 10.0. The molecule has 0 bridgehead atoms. The average molecular weight is 386 g/mol. The van der Waals surface area contributed by atoms with Gasteiger partial charge in [0.1, 0.15) is 0 Å². The number of benzene rings is 1. The Balaban J connectivity index is 1.87. The third kappa shape index (κ3) is 3.32. The number of carbonyl (C=O) groups is 1. The van der Waals surface area contributed by atoms with Gasteiger partial charge in [-0.25, -0.2) is 21.1 Å². The standard InChI is InChI=1S/C16H22N2O5S2/c1-12-7-9-17(10-8-12)25(22,23)15-5-3-14(4-6-15)18-16(19)13(2)11-24(18,20)21/h3-6,12-13H,7-11H2,1-2H3/t13-/m1/s1. The fourth-order valence-electron chi connectivity index (χ4n) is 3.21. The van der Waals surface area contributed by atoms with Crippen molar-refractivity contribution < 1.29 is 21.6 Å². The third-order valence-electron chi connectivity index (χ3n) is 4.81. The number of carbonyl (C=O) groups excluding carboxylic acids is 1. The summed E-state index contributed by atoms with van der Waals surface area (Å²) in [5.74, 6) is -0.788. The summed E-state index contributed by atoms with van der Waals surface area (Å²) in [4.78, 5) is 12.2. The number of anilines is 1. The van der Waals surface area contributed by atoms with E-state index < -0.39 is 31.9 Å². The minimum Gasteiger partial charge on any atom is -0.273 e. The number of hydrogen-bond acceptors (Lipinski definition) is 5. The summed E-state index contributed by atoms with van der Waals surface area (Å²) < 4.78 is 51.9. The molecule has 9 heteroatoms. The lowest BCUT2D eigenvalue weighted by Crippen LogP contribution is -2.37. The van der Waals surface area contributed by atoms with E-state index in [1.165, 1.54) is 28.6 Å². The number of nitrogens with zero attached hydrogens (tertiary/aromatic N) is 2. The minimum atomic E-state index is -3.69. The van der Waals surface area contributed by atoms with E-state index in [2.05, 4.69) is 6.92 Å². The summed E-state index contributed by atoms with van der Waals surface area (Å²) in [5, 5.41) is 0. The monoisotopic (exact) mass is 386 g/mol. The van der Waals surface area contributed by atoms with E-state index in [-0.39, 0.29) is 16.3 Å². The maximum Gasteiger partial charge on any atom is 0.244 e. The first-order chi connectivity index (χ1) is 11.6. The molecule has 0 saturated carbocycles. The highest BCUT2D eigenvalue weighted by Crippen LogP contribution is 2.30. The Labute approximate surface area is 148 Å². The highest BCUT2D eigenvalue weighted by Gasteiger charge is 2.42. The molecule has 2 heterocycles. The van der Waals surface area contributed by atoms with Crippen molar-refractivity contribution in [2.45, 2.75) is 31.6 Å². The normalized spacial score (nSPS) is 25.4. The third-order valence-corrected chi connectivity index (χ3v) is 8.59. The van der Waals surface area contributed by atoms with Crippen LogP contribution in [0.15, 0.2) is 29.2 Å². The van der Waals surface area contributed by atoms with Crippen molar-refractivity contribution in [3.63, 3.8) is 0 Å². The molecule has 1 aromatic carbocycles. The average Bonchev–Trinajstić information content (AvgIpc) is 2.75. The molecular formula is C16H22N2O5S2. The van der Waals surface area contributed by atoms with Gasteiger partial charge in [0.25, 0.3) is 0 Å². The van der Waals surface area contributed by atoms with E-state index in [0.717, 1.165) is 17.1 Å². The SMILES string of the molecule is CC1CCN(S(=O)(=O)c2ccc(N3C(=O)[C@H](C)CS3(=O)=O)cc2)CC1. The second kappa shape index (κ2) is 6.37. The molecule has 2 aliphatic heterocycles. The zero-order valence-corrected chi connectivity index (χ0v) is 15.9. The molecule has 2 fully saturated rings. The van der Waals surface area contributed by atoms with Crippen molar-refractivity contribution in [3.8, 4) is 0 Å². The number of rotatable bonds is 3. The molecule has 0 unspecified atom stereocenters. The van der Waals surface area contributed by atoms with Gasteiger partial charge in [-0.1, -0.05) is 13.8 Å². The van der Waals surface area contributed by atoms with Gasteiger partial charge in [0, 0.05) is 13.1 Å². The largest absolute Gasteiger partial charge is 0.273 e.